The summed E-state index contributed by atoms with van der Waals surface area (Å²) in [4.78, 5) is 25.3. The number of hydrogen-bond donors (Lipinski definition) is 2. The van der Waals surface area contributed by atoms with Gasteiger partial charge in [-0.2, -0.15) is 0 Å². The summed E-state index contributed by atoms with van der Waals surface area (Å²) in [5.74, 6) is 0.249. The Balaban J connectivity index is 1.50. The third kappa shape index (κ3) is 3.52. The molecular weight excluding hydrogens is 344 g/mol. The number of rotatable bonds is 3. The Morgan fingerprint density at radius 2 is 1.74 bits per heavy atom. The van der Waals surface area contributed by atoms with Crippen molar-refractivity contribution in [3.05, 3.63) is 0 Å². The van der Waals surface area contributed by atoms with E-state index >= 15 is 0 Å². The zero-order chi connectivity index (χ0) is 19.4. The molecule has 4 rings (SSSR count). The smallest absolute Gasteiger partial charge is 0.312 e. The minimum Gasteiger partial charge on any atom is -0.481 e. The molecular formula is C22H34O5. The van der Waals surface area contributed by atoms with Crippen LogP contribution in [0.15, 0.2) is 0 Å². The minimum atomic E-state index is -0.802. The Labute approximate surface area is 161 Å². The van der Waals surface area contributed by atoms with Crippen LogP contribution in [0.5, 0.6) is 0 Å². The third-order valence-corrected chi connectivity index (χ3v) is 7.92. The monoisotopic (exact) mass is 378 g/mol. The molecule has 152 valence electrons. The molecule has 0 heterocycles. The van der Waals surface area contributed by atoms with Crippen LogP contribution in [0.1, 0.15) is 84.5 Å². The maximum atomic E-state index is 13.3. The zero-order valence-corrected chi connectivity index (χ0v) is 16.7. The van der Waals surface area contributed by atoms with Crippen LogP contribution in [0, 0.1) is 28.6 Å². The maximum Gasteiger partial charge on any atom is 0.312 e. The largest absolute Gasteiger partial charge is 0.481 e. The van der Waals surface area contributed by atoms with Crippen LogP contribution in [0.2, 0.25) is 0 Å². The first-order valence-electron chi connectivity index (χ1n) is 10.8. The Bertz CT molecular complexity index is 624. The van der Waals surface area contributed by atoms with E-state index in [1.54, 1.807) is 0 Å². The Morgan fingerprint density at radius 3 is 2.48 bits per heavy atom. The standard InChI is InChI=1S/C22H34O5/c1-14-6-16-7-17(12-22(8-14,11-16)18(23)24)27-19(25)21-5-3-4-15(10-21)9-20(2,26)13-21/h14-17,26H,3-13H2,1-2H3,(H,23,24)/t14-,15?,16?,17?,20?,21?,22?/m1/s1. The summed E-state index contributed by atoms with van der Waals surface area (Å²) in [5.41, 5.74) is -2.10. The van der Waals surface area contributed by atoms with Crippen molar-refractivity contribution in [1.29, 1.82) is 0 Å². The lowest BCUT2D eigenvalue weighted by Crippen LogP contribution is -2.52. The molecule has 4 aliphatic rings. The van der Waals surface area contributed by atoms with Gasteiger partial charge in [-0.25, -0.2) is 0 Å². The van der Waals surface area contributed by atoms with Gasteiger partial charge in [0.1, 0.15) is 6.10 Å². The normalized spacial score (nSPS) is 49.3. The fourth-order valence-electron chi connectivity index (χ4n) is 7.41. The summed E-state index contributed by atoms with van der Waals surface area (Å²) in [5, 5.41) is 20.6. The molecule has 7 atom stereocenters. The average Bonchev–Trinajstić information content (AvgIpc) is 2.51. The Kier molecular flexibility index (Phi) is 4.60. The predicted octanol–water partition coefficient (Wildman–Crippen LogP) is 3.92. The number of carboxylic acids is 1. The van der Waals surface area contributed by atoms with Gasteiger partial charge in [0.15, 0.2) is 0 Å². The fourth-order valence-corrected chi connectivity index (χ4v) is 7.41. The molecule has 4 fully saturated rings. The molecule has 4 bridgehead atoms. The van der Waals surface area contributed by atoms with E-state index in [0.29, 0.717) is 37.0 Å². The highest BCUT2D eigenvalue weighted by Crippen LogP contribution is 2.55. The molecule has 5 heteroatoms. The summed E-state index contributed by atoms with van der Waals surface area (Å²) in [7, 11) is 0. The molecule has 0 amide bonds. The number of aliphatic carboxylic acids is 1. The fraction of sp³-hybridized carbons (Fsp3) is 0.909. The summed E-state index contributed by atoms with van der Waals surface area (Å²) in [6, 6.07) is 0. The van der Waals surface area contributed by atoms with Crippen LogP contribution in [-0.4, -0.2) is 33.9 Å². The van der Waals surface area contributed by atoms with Crippen molar-refractivity contribution in [2.24, 2.45) is 28.6 Å². The molecule has 0 aliphatic heterocycles. The summed E-state index contributed by atoms with van der Waals surface area (Å²) >= 11 is 0. The summed E-state index contributed by atoms with van der Waals surface area (Å²) < 4.78 is 6.03. The molecule has 0 spiro atoms. The van der Waals surface area contributed by atoms with Crippen molar-refractivity contribution >= 4 is 11.9 Å². The molecule has 4 aliphatic carbocycles. The molecule has 2 N–H and O–H groups in total. The minimum absolute atomic E-state index is 0.175. The van der Waals surface area contributed by atoms with Crippen LogP contribution >= 0.6 is 0 Å². The number of hydrogen-bond acceptors (Lipinski definition) is 4. The number of fused-ring (bicyclic) bond motifs is 4. The SMILES string of the molecule is C[C@@H]1CC2CC(OC(=O)C34CCCC(CC(C)(O)C3)C4)CC(C(=O)O)(C2)C1. The molecule has 0 aromatic heterocycles. The van der Waals surface area contributed by atoms with Crippen LogP contribution in [0.4, 0.5) is 0 Å². The van der Waals surface area contributed by atoms with E-state index in [2.05, 4.69) is 6.92 Å². The molecule has 0 aromatic rings. The van der Waals surface area contributed by atoms with Crippen molar-refractivity contribution in [3.63, 3.8) is 0 Å². The number of carbonyl (C=O) groups excluding carboxylic acids is 1. The molecule has 27 heavy (non-hydrogen) atoms. The number of esters is 1. The highest BCUT2D eigenvalue weighted by molar-refractivity contribution is 5.78. The zero-order valence-electron chi connectivity index (χ0n) is 16.7. The predicted molar refractivity (Wildman–Crippen MR) is 99.9 cm³/mol. The van der Waals surface area contributed by atoms with Gasteiger partial charge in [-0.1, -0.05) is 19.8 Å². The van der Waals surface area contributed by atoms with Gasteiger partial charge in [-0.15, -0.1) is 0 Å². The lowest BCUT2D eigenvalue weighted by molar-refractivity contribution is -0.187. The number of aliphatic hydroxyl groups is 1. The van der Waals surface area contributed by atoms with E-state index in [9.17, 15) is 19.8 Å². The lowest BCUT2D eigenvalue weighted by atomic mass is 9.57. The second-order valence-corrected chi connectivity index (χ2v) is 10.8. The van der Waals surface area contributed by atoms with Crippen molar-refractivity contribution in [1.82, 2.24) is 0 Å². The molecule has 5 nitrogen and oxygen atoms in total. The van der Waals surface area contributed by atoms with E-state index in [1.165, 1.54) is 0 Å². The van der Waals surface area contributed by atoms with E-state index in [-0.39, 0.29) is 12.1 Å². The Morgan fingerprint density at radius 1 is 1.00 bits per heavy atom. The molecule has 0 aromatic carbocycles. The van der Waals surface area contributed by atoms with Gasteiger partial charge in [-0.3, -0.25) is 9.59 Å². The van der Waals surface area contributed by atoms with E-state index in [1.807, 2.05) is 6.92 Å². The quantitative estimate of drug-likeness (QED) is 0.727. The molecule has 0 radical (unpaired) electrons. The second-order valence-electron chi connectivity index (χ2n) is 10.8. The van der Waals surface area contributed by atoms with Gasteiger partial charge in [0.2, 0.25) is 0 Å². The highest BCUT2D eigenvalue weighted by Gasteiger charge is 2.55. The second kappa shape index (κ2) is 6.47. The maximum absolute atomic E-state index is 13.3. The van der Waals surface area contributed by atoms with Gasteiger partial charge >= 0.3 is 11.9 Å². The number of carboxylic acid groups (broad SMARTS) is 1. The molecule has 4 saturated carbocycles. The molecule has 6 unspecified atom stereocenters. The highest BCUT2D eigenvalue weighted by atomic mass is 16.5. The van der Waals surface area contributed by atoms with Crippen molar-refractivity contribution < 1.29 is 24.5 Å². The first kappa shape index (κ1) is 19.2. The topological polar surface area (TPSA) is 83.8 Å². The van der Waals surface area contributed by atoms with Crippen LogP contribution in [0.25, 0.3) is 0 Å². The average molecular weight is 379 g/mol. The third-order valence-electron chi connectivity index (χ3n) is 7.92. The number of carbonyl (C=O) groups is 2. The van der Waals surface area contributed by atoms with Crippen LogP contribution in [0.3, 0.4) is 0 Å². The van der Waals surface area contributed by atoms with Gasteiger partial charge < -0.3 is 14.9 Å². The first-order chi connectivity index (χ1) is 12.6. The van der Waals surface area contributed by atoms with Crippen molar-refractivity contribution in [2.75, 3.05) is 0 Å². The van der Waals surface area contributed by atoms with Crippen LogP contribution < -0.4 is 0 Å². The Hall–Kier alpha value is -1.10. The van der Waals surface area contributed by atoms with E-state index < -0.39 is 22.4 Å². The van der Waals surface area contributed by atoms with E-state index in [4.69, 9.17) is 4.74 Å². The van der Waals surface area contributed by atoms with E-state index in [0.717, 1.165) is 51.4 Å². The number of ether oxygens (including phenoxy) is 1. The van der Waals surface area contributed by atoms with Crippen LogP contribution in [-0.2, 0) is 14.3 Å². The van der Waals surface area contributed by atoms with Gasteiger partial charge in [0.25, 0.3) is 0 Å². The first-order valence-corrected chi connectivity index (χ1v) is 10.8. The van der Waals surface area contributed by atoms with Crippen molar-refractivity contribution in [3.8, 4) is 0 Å². The van der Waals surface area contributed by atoms with Gasteiger partial charge in [0, 0.05) is 6.42 Å². The van der Waals surface area contributed by atoms with Gasteiger partial charge in [0.05, 0.1) is 16.4 Å². The van der Waals surface area contributed by atoms with Gasteiger partial charge in [-0.05, 0) is 76.0 Å². The lowest BCUT2D eigenvalue weighted by Gasteiger charge is -2.51. The summed E-state index contributed by atoms with van der Waals surface area (Å²) in [6.45, 7) is 3.99. The molecule has 0 saturated heterocycles. The van der Waals surface area contributed by atoms with Crippen molar-refractivity contribution in [2.45, 2.75) is 96.2 Å². The summed E-state index contributed by atoms with van der Waals surface area (Å²) in [6.07, 6.45) is 8.35.